The number of sulfonamides is 1. The molecular formula is C19H29N3O4S. The standard InChI is InChI=1S/C19H29N3O4S/c1-4-11-21-12-9-15-16(10-13-21)26-17-7-5-6-8-18(17)27(24,25)22(15)14-19(23)20(2)3/h5-8,15-16H,4,9-14H2,1-3H3/t15-,16-/m0/s1. The molecule has 2 aliphatic heterocycles. The van der Waals surface area contributed by atoms with E-state index in [9.17, 15) is 13.2 Å². The Balaban J connectivity index is 2.01. The Bertz CT molecular complexity index is 781. The molecule has 2 atom stereocenters. The minimum atomic E-state index is -3.82. The van der Waals surface area contributed by atoms with Crippen molar-refractivity contribution in [1.82, 2.24) is 14.1 Å². The van der Waals surface area contributed by atoms with Crippen LogP contribution in [0.5, 0.6) is 5.75 Å². The van der Waals surface area contributed by atoms with E-state index in [-0.39, 0.29) is 29.5 Å². The highest BCUT2D eigenvalue weighted by molar-refractivity contribution is 7.89. The molecule has 1 aromatic carbocycles. The molecular weight excluding hydrogens is 366 g/mol. The summed E-state index contributed by atoms with van der Waals surface area (Å²) in [5, 5.41) is 0. The number of carbonyl (C=O) groups excluding carboxylic acids is 1. The van der Waals surface area contributed by atoms with Crippen LogP contribution in [0.3, 0.4) is 0 Å². The van der Waals surface area contributed by atoms with Crippen LogP contribution in [-0.4, -0.2) is 80.9 Å². The fraction of sp³-hybridized carbons (Fsp3) is 0.632. The van der Waals surface area contributed by atoms with Gasteiger partial charge in [-0.2, -0.15) is 4.31 Å². The van der Waals surface area contributed by atoms with Crippen molar-refractivity contribution in [2.75, 3.05) is 40.3 Å². The maximum Gasteiger partial charge on any atom is 0.247 e. The van der Waals surface area contributed by atoms with Crippen LogP contribution in [0.25, 0.3) is 0 Å². The highest BCUT2D eigenvalue weighted by Gasteiger charge is 2.44. The van der Waals surface area contributed by atoms with Crippen LogP contribution in [0.1, 0.15) is 26.2 Å². The first kappa shape index (κ1) is 20.1. The molecule has 0 bridgehead atoms. The monoisotopic (exact) mass is 395 g/mol. The number of likely N-dealkylation sites (N-methyl/N-ethyl adjacent to an activating group) is 1. The Kier molecular flexibility index (Phi) is 6.08. The zero-order valence-corrected chi connectivity index (χ0v) is 17.1. The molecule has 0 saturated carbocycles. The third-order valence-corrected chi connectivity index (χ3v) is 7.22. The van der Waals surface area contributed by atoms with Crippen LogP contribution in [0.4, 0.5) is 0 Å². The van der Waals surface area contributed by atoms with Crippen molar-refractivity contribution in [2.45, 2.75) is 43.2 Å². The molecule has 2 aliphatic rings. The number of amides is 1. The van der Waals surface area contributed by atoms with Gasteiger partial charge in [0.25, 0.3) is 0 Å². The predicted molar refractivity (Wildman–Crippen MR) is 103 cm³/mol. The summed E-state index contributed by atoms with van der Waals surface area (Å²) in [4.78, 5) is 16.3. The number of para-hydroxylation sites is 1. The van der Waals surface area contributed by atoms with Gasteiger partial charge in [-0.1, -0.05) is 19.1 Å². The van der Waals surface area contributed by atoms with Crippen molar-refractivity contribution in [1.29, 1.82) is 0 Å². The summed E-state index contributed by atoms with van der Waals surface area (Å²) in [5.41, 5.74) is 0. The molecule has 0 unspecified atom stereocenters. The molecule has 7 nitrogen and oxygen atoms in total. The average Bonchev–Trinajstić information content (AvgIpc) is 2.86. The van der Waals surface area contributed by atoms with Gasteiger partial charge >= 0.3 is 0 Å². The molecule has 1 amide bonds. The number of hydrogen-bond acceptors (Lipinski definition) is 5. The van der Waals surface area contributed by atoms with Gasteiger partial charge in [0.15, 0.2) is 0 Å². The summed E-state index contributed by atoms with van der Waals surface area (Å²) in [6.45, 7) is 4.63. The molecule has 0 N–H and O–H groups in total. The van der Waals surface area contributed by atoms with Crippen molar-refractivity contribution in [3.8, 4) is 5.75 Å². The number of nitrogens with zero attached hydrogens (tertiary/aromatic N) is 3. The molecule has 0 radical (unpaired) electrons. The number of fused-ring (bicyclic) bond motifs is 2. The van der Waals surface area contributed by atoms with Gasteiger partial charge in [-0.3, -0.25) is 4.79 Å². The molecule has 27 heavy (non-hydrogen) atoms. The summed E-state index contributed by atoms with van der Waals surface area (Å²) >= 11 is 0. The van der Waals surface area contributed by atoms with Crippen LogP contribution in [0.2, 0.25) is 0 Å². The zero-order chi connectivity index (χ0) is 19.6. The number of hydrogen-bond donors (Lipinski definition) is 0. The summed E-state index contributed by atoms with van der Waals surface area (Å²) < 4.78 is 34.4. The Morgan fingerprint density at radius 1 is 1.22 bits per heavy atom. The quantitative estimate of drug-likeness (QED) is 0.771. The summed E-state index contributed by atoms with van der Waals surface area (Å²) in [7, 11) is -0.535. The SMILES string of the molecule is CCCN1CC[C@@H]2Oc3ccccc3S(=O)(=O)N(CC(=O)N(C)C)[C@H]2CC1. The van der Waals surface area contributed by atoms with Crippen LogP contribution < -0.4 is 4.74 Å². The van der Waals surface area contributed by atoms with Gasteiger partial charge in [-0.25, -0.2) is 8.42 Å². The Labute approximate surface area is 161 Å². The first-order valence-corrected chi connectivity index (χ1v) is 11.0. The molecule has 150 valence electrons. The number of ether oxygens (including phenoxy) is 1. The van der Waals surface area contributed by atoms with Gasteiger partial charge < -0.3 is 14.5 Å². The fourth-order valence-electron chi connectivity index (χ4n) is 3.83. The Hall–Kier alpha value is -1.64. The van der Waals surface area contributed by atoms with Crippen LogP contribution >= 0.6 is 0 Å². The average molecular weight is 396 g/mol. The molecule has 0 spiro atoms. The second-order valence-corrected chi connectivity index (χ2v) is 9.29. The van der Waals surface area contributed by atoms with E-state index >= 15 is 0 Å². The van der Waals surface area contributed by atoms with E-state index in [1.54, 1.807) is 38.4 Å². The van der Waals surface area contributed by atoms with Crippen molar-refractivity contribution in [3.63, 3.8) is 0 Å². The smallest absolute Gasteiger partial charge is 0.247 e. The number of likely N-dealkylation sites (tertiary alicyclic amines) is 1. The van der Waals surface area contributed by atoms with Gasteiger partial charge in [0, 0.05) is 20.6 Å². The lowest BCUT2D eigenvalue weighted by Gasteiger charge is -2.32. The topological polar surface area (TPSA) is 70.2 Å². The van der Waals surface area contributed by atoms with Crippen molar-refractivity contribution in [3.05, 3.63) is 24.3 Å². The minimum absolute atomic E-state index is 0.148. The highest BCUT2D eigenvalue weighted by atomic mass is 32.2. The van der Waals surface area contributed by atoms with Crippen LogP contribution in [0, 0.1) is 0 Å². The molecule has 1 fully saturated rings. The predicted octanol–water partition coefficient (Wildman–Crippen LogP) is 1.40. The normalized spacial score (nSPS) is 25.4. The molecule has 1 aromatic rings. The van der Waals surface area contributed by atoms with Gasteiger partial charge in [-0.05, 0) is 44.5 Å². The van der Waals surface area contributed by atoms with Gasteiger partial charge in [0.05, 0.1) is 12.6 Å². The first-order chi connectivity index (χ1) is 12.8. The van der Waals surface area contributed by atoms with E-state index in [1.165, 1.54) is 9.21 Å². The molecule has 0 aliphatic carbocycles. The third kappa shape index (κ3) is 4.12. The van der Waals surface area contributed by atoms with Crippen molar-refractivity contribution >= 4 is 15.9 Å². The number of benzene rings is 1. The van der Waals surface area contributed by atoms with Crippen molar-refractivity contribution < 1.29 is 17.9 Å². The third-order valence-electron chi connectivity index (χ3n) is 5.31. The second kappa shape index (κ2) is 8.16. The van der Waals surface area contributed by atoms with Crippen molar-refractivity contribution in [2.24, 2.45) is 0 Å². The number of carbonyl (C=O) groups is 1. The van der Waals surface area contributed by atoms with E-state index in [4.69, 9.17) is 4.74 Å². The van der Waals surface area contributed by atoms with E-state index in [2.05, 4.69) is 11.8 Å². The highest BCUT2D eigenvalue weighted by Crippen LogP contribution is 2.36. The summed E-state index contributed by atoms with van der Waals surface area (Å²) in [6.07, 6.45) is 2.18. The number of rotatable bonds is 4. The van der Waals surface area contributed by atoms with Gasteiger partial charge in [0.1, 0.15) is 16.7 Å². The molecule has 8 heteroatoms. The summed E-state index contributed by atoms with van der Waals surface area (Å²) in [5.74, 6) is 0.155. The summed E-state index contributed by atoms with van der Waals surface area (Å²) in [6, 6.07) is 6.38. The van der Waals surface area contributed by atoms with Gasteiger partial charge in [0.2, 0.25) is 15.9 Å². The lowest BCUT2D eigenvalue weighted by Crippen LogP contribution is -2.50. The maximum absolute atomic E-state index is 13.4. The lowest BCUT2D eigenvalue weighted by molar-refractivity contribution is -0.129. The fourth-order valence-corrected chi connectivity index (χ4v) is 5.58. The van der Waals surface area contributed by atoms with Crippen LogP contribution in [0.15, 0.2) is 29.2 Å². The largest absolute Gasteiger partial charge is 0.487 e. The maximum atomic E-state index is 13.4. The minimum Gasteiger partial charge on any atom is -0.487 e. The van der Waals surface area contributed by atoms with Crippen LogP contribution in [-0.2, 0) is 14.8 Å². The van der Waals surface area contributed by atoms with Gasteiger partial charge in [-0.15, -0.1) is 0 Å². The van der Waals surface area contributed by atoms with E-state index in [0.29, 0.717) is 12.2 Å². The Morgan fingerprint density at radius 2 is 1.93 bits per heavy atom. The lowest BCUT2D eigenvalue weighted by atomic mass is 10.1. The molecule has 2 heterocycles. The first-order valence-electron chi connectivity index (χ1n) is 9.54. The van der Waals surface area contributed by atoms with E-state index in [0.717, 1.165) is 32.5 Å². The molecule has 3 rings (SSSR count). The van der Waals surface area contributed by atoms with E-state index in [1.807, 2.05) is 0 Å². The molecule has 1 saturated heterocycles. The Morgan fingerprint density at radius 3 is 2.63 bits per heavy atom. The zero-order valence-electron chi connectivity index (χ0n) is 16.3. The molecule has 0 aromatic heterocycles. The second-order valence-electron chi connectivity index (χ2n) is 7.43. The van der Waals surface area contributed by atoms with E-state index < -0.39 is 10.0 Å².